The van der Waals surface area contributed by atoms with Crippen LogP contribution in [0.3, 0.4) is 0 Å². The standard InChI is InChI=1S/C18H27N7OS.HI/c1-14-22-23-16(24(14)2)13-21-18(20-12-15-6-4-11-27-15)19-8-5-10-25-9-3-7-17(25)26;/h4,6,11H,3,5,7-10,12-13H2,1-2H3,(H2,19,20,21);1H. The van der Waals surface area contributed by atoms with E-state index in [1.807, 2.05) is 29.5 Å². The molecule has 2 aromatic heterocycles. The molecule has 0 aromatic carbocycles. The molecule has 0 aliphatic carbocycles. The minimum Gasteiger partial charge on any atom is -0.356 e. The van der Waals surface area contributed by atoms with E-state index < -0.39 is 0 Å². The first-order chi connectivity index (χ1) is 13.1. The summed E-state index contributed by atoms with van der Waals surface area (Å²) < 4.78 is 1.94. The van der Waals surface area contributed by atoms with E-state index in [-0.39, 0.29) is 29.9 Å². The topological polar surface area (TPSA) is 87.4 Å². The zero-order chi connectivity index (χ0) is 19.1. The van der Waals surface area contributed by atoms with E-state index in [0.29, 0.717) is 13.0 Å². The molecule has 28 heavy (non-hydrogen) atoms. The van der Waals surface area contributed by atoms with Crippen molar-refractivity contribution in [1.29, 1.82) is 0 Å². The van der Waals surface area contributed by atoms with Gasteiger partial charge in [0.25, 0.3) is 0 Å². The minimum absolute atomic E-state index is 0. The summed E-state index contributed by atoms with van der Waals surface area (Å²) in [6.45, 7) is 5.56. The summed E-state index contributed by atoms with van der Waals surface area (Å²) in [6, 6.07) is 4.14. The molecule has 0 unspecified atom stereocenters. The third kappa shape index (κ3) is 6.43. The van der Waals surface area contributed by atoms with Gasteiger partial charge in [0.15, 0.2) is 11.8 Å². The summed E-state index contributed by atoms with van der Waals surface area (Å²) in [4.78, 5) is 19.5. The number of guanidine groups is 1. The summed E-state index contributed by atoms with van der Waals surface area (Å²) in [5.41, 5.74) is 0. The lowest BCUT2D eigenvalue weighted by molar-refractivity contribution is -0.127. The van der Waals surface area contributed by atoms with Crippen LogP contribution in [0.25, 0.3) is 0 Å². The molecule has 8 nitrogen and oxygen atoms in total. The molecule has 1 aliphatic rings. The molecule has 154 valence electrons. The molecule has 0 spiro atoms. The van der Waals surface area contributed by atoms with Crippen LogP contribution in [0, 0.1) is 6.92 Å². The van der Waals surface area contributed by atoms with Crippen molar-refractivity contribution in [3.8, 4) is 0 Å². The van der Waals surface area contributed by atoms with Crippen LogP contribution in [0.4, 0.5) is 0 Å². The molecular formula is C18H28IN7OS. The van der Waals surface area contributed by atoms with Crippen LogP contribution in [-0.4, -0.2) is 51.2 Å². The van der Waals surface area contributed by atoms with E-state index in [2.05, 4.69) is 37.3 Å². The van der Waals surface area contributed by atoms with Gasteiger partial charge in [0.05, 0.1) is 6.54 Å². The zero-order valence-corrected chi connectivity index (χ0v) is 19.5. The van der Waals surface area contributed by atoms with Crippen molar-refractivity contribution in [2.75, 3.05) is 19.6 Å². The van der Waals surface area contributed by atoms with Gasteiger partial charge in [-0.25, -0.2) is 4.99 Å². The Bertz CT molecular complexity index is 775. The number of carbonyl (C=O) groups excluding carboxylic acids is 1. The molecule has 1 saturated heterocycles. The summed E-state index contributed by atoms with van der Waals surface area (Å²) >= 11 is 1.71. The highest BCUT2D eigenvalue weighted by atomic mass is 127. The van der Waals surface area contributed by atoms with Crippen LogP contribution in [-0.2, 0) is 24.9 Å². The van der Waals surface area contributed by atoms with E-state index in [9.17, 15) is 4.79 Å². The summed E-state index contributed by atoms with van der Waals surface area (Å²) in [5.74, 6) is 2.72. The van der Waals surface area contributed by atoms with Gasteiger partial charge in [-0.05, 0) is 31.2 Å². The maximum atomic E-state index is 11.7. The smallest absolute Gasteiger partial charge is 0.222 e. The van der Waals surface area contributed by atoms with Gasteiger partial charge in [-0.1, -0.05) is 6.07 Å². The summed E-state index contributed by atoms with van der Waals surface area (Å²) in [5, 5.41) is 17.0. The fourth-order valence-electron chi connectivity index (χ4n) is 2.91. The number of hydrogen-bond acceptors (Lipinski definition) is 5. The first kappa shape index (κ1) is 22.6. The average Bonchev–Trinajstić information content (AvgIpc) is 3.39. The Hall–Kier alpha value is -1.69. The third-order valence-corrected chi connectivity index (χ3v) is 5.52. The largest absolute Gasteiger partial charge is 0.356 e. The van der Waals surface area contributed by atoms with Crippen LogP contribution in [0.2, 0.25) is 0 Å². The number of nitrogens with zero attached hydrogens (tertiary/aromatic N) is 5. The van der Waals surface area contributed by atoms with Crippen LogP contribution >= 0.6 is 35.3 Å². The Morgan fingerprint density at radius 1 is 1.36 bits per heavy atom. The van der Waals surface area contributed by atoms with Gasteiger partial charge in [-0.15, -0.1) is 45.5 Å². The number of aryl methyl sites for hydroxylation is 1. The number of aliphatic imine (C=N–C) groups is 1. The molecule has 1 aliphatic heterocycles. The van der Waals surface area contributed by atoms with Crippen molar-refractivity contribution in [2.24, 2.45) is 12.0 Å². The van der Waals surface area contributed by atoms with Gasteiger partial charge in [0, 0.05) is 38.0 Å². The first-order valence-corrected chi connectivity index (χ1v) is 10.2. The van der Waals surface area contributed by atoms with Crippen molar-refractivity contribution < 1.29 is 4.79 Å². The van der Waals surface area contributed by atoms with Crippen molar-refractivity contribution in [3.63, 3.8) is 0 Å². The second kappa shape index (κ2) is 11.3. The molecule has 1 fully saturated rings. The number of likely N-dealkylation sites (tertiary alicyclic amines) is 1. The highest BCUT2D eigenvalue weighted by molar-refractivity contribution is 14.0. The number of hydrogen-bond donors (Lipinski definition) is 2. The number of halogens is 1. The van der Waals surface area contributed by atoms with Gasteiger partial charge in [0.1, 0.15) is 12.4 Å². The Morgan fingerprint density at radius 3 is 2.86 bits per heavy atom. The number of nitrogens with one attached hydrogen (secondary N) is 2. The van der Waals surface area contributed by atoms with Gasteiger partial charge in [-0.3, -0.25) is 4.79 Å². The van der Waals surface area contributed by atoms with Gasteiger partial charge in [0.2, 0.25) is 5.91 Å². The zero-order valence-electron chi connectivity index (χ0n) is 16.3. The molecular weight excluding hydrogens is 489 g/mol. The quantitative estimate of drug-likeness (QED) is 0.242. The second-order valence-electron chi connectivity index (χ2n) is 6.58. The Balaban J connectivity index is 0.00000280. The molecule has 0 radical (unpaired) electrons. The second-order valence-corrected chi connectivity index (χ2v) is 7.62. The molecule has 3 heterocycles. The van der Waals surface area contributed by atoms with E-state index >= 15 is 0 Å². The lowest BCUT2D eigenvalue weighted by atomic mass is 10.4. The van der Waals surface area contributed by atoms with Gasteiger partial charge >= 0.3 is 0 Å². The number of aromatic nitrogens is 3. The number of thiophene rings is 1. The fourth-order valence-corrected chi connectivity index (χ4v) is 3.56. The fraction of sp³-hybridized carbons (Fsp3) is 0.556. The van der Waals surface area contributed by atoms with Crippen LogP contribution in [0.15, 0.2) is 22.5 Å². The Morgan fingerprint density at radius 2 is 2.21 bits per heavy atom. The lowest BCUT2D eigenvalue weighted by Crippen LogP contribution is -2.38. The van der Waals surface area contributed by atoms with Crippen LogP contribution in [0.1, 0.15) is 35.8 Å². The number of amides is 1. The summed E-state index contributed by atoms with van der Waals surface area (Å²) in [6.07, 6.45) is 2.58. The highest BCUT2D eigenvalue weighted by Gasteiger charge is 2.18. The Kier molecular flexibility index (Phi) is 9.16. The monoisotopic (exact) mass is 517 g/mol. The van der Waals surface area contributed by atoms with Crippen LogP contribution < -0.4 is 10.6 Å². The van der Waals surface area contributed by atoms with Gasteiger partial charge < -0.3 is 20.1 Å². The van der Waals surface area contributed by atoms with Crippen LogP contribution in [0.5, 0.6) is 0 Å². The third-order valence-electron chi connectivity index (χ3n) is 4.64. The van der Waals surface area contributed by atoms with E-state index in [0.717, 1.165) is 56.6 Å². The van der Waals surface area contributed by atoms with Crippen molar-refractivity contribution in [3.05, 3.63) is 34.0 Å². The molecule has 10 heteroatoms. The average molecular weight is 517 g/mol. The normalized spacial score (nSPS) is 14.3. The number of carbonyl (C=O) groups is 1. The predicted molar refractivity (Wildman–Crippen MR) is 122 cm³/mol. The Labute approximate surface area is 186 Å². The predicted octanol–water partition coefficient (Wildman–Crippen LogP) is 2.05. The minimum atomic E-state index is 0. The van der Waals surface area contributed by atoms with E-state index in [1.165, 1.54) is 4.88 Å². The molecule has 0 saturated carbocycles. The first-order valence-electron chi connectivity index (χ1n) is 9.30. The van der Waals surface area contributed by atoms with Crippen molar-refractivity contribution in [2.45, 2.75) is 39.3 Å². The molecule has 1 amide bonds. The molecule has 2 N–H and O–H groups in total. The molecule has 0 bridgehead atoms. The maximum absolute atomic E-state index is 11.7. The van der Waals surface area contributed by atoms with E-state index in [4.69, 9.17) is 0 Å². The number of rotatable bonds is 8. The van der Waals surface area contributed by atoms with Crippen molar-refractivity contribution >= 4 is 47.2 Å². The van der Waals surface area contributed by atoms with E-state index in [1.54, 1.807) is 11.3 Å². The van der Waals surface area contributed by atoms with Crippen molar-refractivity contribution in [1.82, 2.24) is 30.3 Å². The maximum Gasteiger partial charge on any atom is 0.222 e. The molecule has 2 aromatic rings. The SMILES string of the molecule is Cc1nnc(CN=C(NCCCN2CCCC2=O)NCc2cccs2)n1C.I. The van der Waals surface area contributed by atoms with Gasteiger partial charge in [-0.2, -0.15) is 0 Å². The highest BCUT2D eigenvalue weighted by Crippen LogP contribution is 2.09. The molecule has 3 rings (SSSR count). The molecule has 0 atom stereocenters. The lowest BCUT2D eigenvalue weighted by Gasteiger charge is -2.16. The summed E-state index contributed by atoms with van der Waals surface area (Å²) in [7, 11) is 1.94.